The van der Waals surface area contributed by atoms with Crippen LogP contribution in [-0.4, -0.2) is 36.0 Å². The first kappa shape index (κ1) is 19.3. The second-order valence-corrected chi connectivity index (χ2v) is 6.09. The predicted octanol–water partition coefficient (Wildman–Crippen LogP) is 3.49. The van der Waals surface area contributed by atoms with Gasteiger partial charge in [0.2, 0.25) is 0 Å². The summed E-state index contributed by atoms with van der Waals surface area (Å²) in [6.07, 6.45) is 0.282. The Balaban J connectivity index is 0. The molecule has 0 fully saturated rings. The molecule has 0 aromatic heterocycles. The summed E-state index contributed by atoms with van der Waals surface area (Å²) in [6, 6.07) is 0. The van der Waals surface area contributed by atoms with E-state index in [1.165, 1.54) is 4.90 Å². The summed E-state index contributed by atoms with van der Waals surface area (Å²) in [6.45, 7) is 16.0. The molecular weight excluding hydrogens is 230 g/mol. The van der Waals surface area contributed by atoms with Crippen LogP contribution in [0.5, 0.6) is 0 Å². The minimum absolute atomic E-state index is 0.0556. The molecule has 0 aliphatic carbocycles. The van der Waals surface area contributed by atoms with Crippen LogP contribution in [0.4, 0.5) is 4.79 Å². The lowest BCUT2D eigenvalue weighted by Crippen LogP contribution is -2.42. The highest BCUT2D eigenvalue weighted by Gasteiger charge is 2.25. The van der Waals surface area contributed by atoms with Crippen molar-refractivity contribution >= 4 is 12.4 Å². The Morgan fingerprint density at radius 1 is 1.11 bits per heavy atom. The second-order valence-electron chi connectivity index (χ2n) is 6.09. The number of hydrogen-bond donors (Lipinski definition) is 0. The van der Waals surface area contributed by atoms with Crippen molar-refractivity contribution in [3.8, 4) is 0 Å². The molecule has 0 rings (SSSR count). The van der Waals surface area contributed by atoms with Crippen molar-refractivity contribution in [2.75, 3.05) is 13.1 Å². The van der Waals surface area contributed by atoms with Gasteiger partial charge in [-0.25, -0.2) is 4.79 Å². The molecule has 0 saturated carbocycles. The SMILES string of the molecule is CC.CC(C)(C)CN(CC=O)C(=O)OC(C)(C)C. The van der Waals surface area contributed by atoms with E-state index in [1.807, 2.05) is 34.6 Å². The van der Waals surface area contributed by atoms with Gasteiger partial charge in [-0.1, -0.05) is 34.6 Å². The molecule has 4 heteroatoms. The zero-order chi connectivity index (χ0) is 15.0. The number of ether oxygens (including phenoxy) is 1. The van der Waals surface area contributed by atoms with Crippen LogP contribution in [0, 0.1) is 5.41 Å². The number of aldehydes is 1. The maximum Gasteiger partial charge on any atom is 0.410 e. The Bertz CT molecular complexity index is 249. The minimum Gasteiger partial charge on any atom is -0.444 e. The van der Waals surface area contributed by atoms with Crippen LogP contribution in [0.1, 0.15) is 55.4 Å². The third-order valence-corrected chi connectivity index (χ3v) is 1.61. The molecule has 0 aliphatic heterocycles. The molecular formula is C14H29NO3. The van der Waals surface area contributed by atoms with E-state index in [-0.39, 0.29) is 12.0 Å². The number of nitrogens with zero attached hydrogens (tertiary/aromatic N) is 1. The smallest absolute Gasteiger partial charge is 0.410 e. The quantitative estimate of drug-likeness (QED) is 0.729. The third-order valence-electron chi connectivity index (χ3n) is 1.61. The number of carbonyl (C=O) groups is 2. The summed E-state index contributed by atoms with van der Waals surface area (Å²) < 4.78 is 5.23. The molecule has 0 unspecified atom stereocenters. The van der Waals surface area contributed by atoms with Gasteiger partial charge in [-0.3, -0.25) is 0 Å². The monoisotopic (exact) mass is 259 g/mol. The molecule has 0 aromatic rings. The highest BCUT2D eigenvalue weighted by Crippen LogP contribution is 2.17. The number of hydrogen-bond acceptors (Lipinski definition) is 3. The van der Waals surface area contributed by atoms with E-state index >= 15 is 0 Å². The van der Waals surface area contributed by atoms with Gasteiger partial charge in [-0.15, -0.1) is 0 Å². The molecule has 18 heavy (non-hydrogen) atoms. The zero-order valence-corrected chi connectivity index (χ0v) is 13.2. The zero-order valence-electron chi connectivity index (χ0n) is 13.2. The van der Waals surface area contributed by atoms with Gasteiger partial charge in [0.15, 0.2) is 0 Å². The van der Waals surface area contributed by atoms with Crippen molar-refractivity contribution in [1.82, 2.24) is 4.90 Å². The van der Waals surface area contributed by atoms with E-state index in [0.29, 0.717) is 6.54 Å². The van der Waals surface area contributed by atoms with E-state index in [2.05, 4.69) is 0 Å². The summed E-state index contributed by atoms with van der Waals surface area (Å²) in [5, 5.41) is 0. The Morgan fingerprint density at radius 3 is 1.83 bits per heavy atom. The fourth-order valence-electron chi connectivity index (χ4n) is 1.19. The molecule has 0 aliphatic rings. The van der Waals surface area contributed by atoms with Crippen LogP contribution < -0.4 is 0 Å². The first-order valence-corrected chi connectivity index (χ1v) is 6.47. The molecule has 0 aromatic carbocycles. The fourth-order valence-corrected chi connectivity index (χ4v) is 1.19. The van der Waals surface area contributed by atoms with Gasteiger partial charge in [-0.05, 0) is 26.2 Å². The summed E-state index contributed by atoms with van der Waals surface area (Å²) in [7, 11) is 0. The van der Waals surface area contributed by atoms with E-state index in [4.69, 9.17) is 4.74 Å². The van der Waals surface area contributed by atoms with Crippen LogP contribution in [0.25, 0.3) is 0 Å². The second kappa shape index (κ2) is 8.11. The van der Waals surface area contributed by atoms with Gasteiger partial charge in [0.25, 0.3) is 0 Å². The van der Waals surface area contributed by atoms with Gasteiger partial charge in [0, 0.05) is 6.54 Å². The molecule has 0 heterocycles. The van der Waals surface area contributed by atoms with Crippen molar-refractivity contribution in [3.63, 3.8) is 0 Å². The fraction of sp³-hybridized carbons (Fsp3) is 0.857. The summed E-state index contributed by atoms with van der Waals surface area (Å²) in [5.74, 6) is 0. The summed E-state index contributed by atoms with van der Waals surface area (Å²) in [4.78, 5) is 23.7. The predicted molar refractivity (Wildman–Crippen MR) is 74.7 cm³/mol. The molecule has 4 nitrogen and oxygen atoms in total. The van der Waals surface area contributed by atoms with Crippen molar-refractivity contribution < 1.29 is 14.3 Å². The Labute approximate surface area is 112 Å². The van der Waals surface area contributed by atoms with E-state index in [1.54, 1.807) is 20.8 Å². The standard InChI is InChI=1S/C12H23NO3.C2H6/c1-11(2,3)9-13(7-8-14)10(15)16-12(4,5)6;1-2/h8H,7,9H2,1-6H3;1-2H3. The average molecular weight is 259 g/mol. The van der Waals surface area contributed by atoms with Crippen molar-refractivity contribution in [1.29, 1.82) is 0 Å². The summed E-state index contributed by atoms with van der Waals surface area (Å²) in [5.41, 5.74) is -0.587. The van der Waals surface area contributed by atoms with Crippen LogP contribution in [0.15, 0.2) is 0 Å². The Kier molecular flexibility index (Phi) is 8.69. The normalized spacial score (nSPS) is 11.1. The van der Waals surface area contributed by atoms with Gasteiger partial charge < -0.3 is 14.4 Å². The highest BCUT2D eigenvalue weighted by atomic mass is 16.6. The van der Waals surface area contributed by atoms with Gasteiger partial charge >= 0.3 is 6.09 Å². The highest BCUT2D eigenvalue weighted by molar-refractivity contribution is 5.71. The molecule has 0 bridgehead atoms. The molecule has 0 N–H and O–H groups in total. The van der Waals surface area contributed by atoms with Gasteiger partial charge in [0.05, 0.1) is 6.54 Å². The van der Waals surface area contributed by atoms with E-state index < -0.39 is 11.7 Å². The summed E-state index contributed by atoms with van der Waals surface area (Å²) >= 11 is 0. The van der Waals surface area contributed by atoms with Crippen LogP contribution in [-0.2, 0) is 9.53 Å². The molecule has 1 amide bonds. The van der Waals surface area contributed by atoms with Crippen molar-refractivity contribution in [2.24, 2.45) is 5.41 Å². The van der Waals surface area contributed by atoms with Crippen molar-refractivity contribution in [2.45, 2.75) is 61.0 Å². The van der Waals surface area contributed by atoms with Crippen LogP contribution in [0.2, 0.25) is 0 Å². The average Bonchev–Trinajstić information content (AvgIpc) is 2.15. The number of carbonyl (C=O) groups excluding carboxylic acids is 2. The first-order valence-electron chi connectivity index (χ1n) is 6.47. The first-order chi connectivity index (χ1) is 8.05. The maximum absolute atomic E-state index is 11.8. The lowest BCUT2D eigenvalue weighted by molar-refractivity contribution is -0.109. The van der Waals surface area contributed by atoms with Gasteiger partial charge in [-0.2, -0.15) is 0 Å². The van der Waals surface area contributed by atoms with E-state index in [9.17, 15) is 9.59 Å². The molecule has 0 spiro atoms. The van der Waals surface area contributed by atoms with Gasteiger partial charge in [0.1, 0.15) is 11.9 Å². The van der Waals surface area contributed by atoms with Crippen LogP contribution in [0.3, 0.4) is 0 Å². The number of amides is 1. The molecule has 0 atom stereocenters. The minimum atomic E-state index is -0.532. The topological polar surface area (TPSA) is 46.6 Å². The molecule has 0 radical (unpaired) electrons. The largest absolute Gasteiger partial charge is 0.444 e. The Hall–Kier alpha value is -1.06. The molecule has 108 valence electrons. The van der Waals surface area contributed by atoms with Crippen molar-refractivity contribution in [3.05, 3.63) is 0 Å². The van der Waals surface area contributed by atoms with E-state index in [0.717, 1.165) is 6.29 Å². The lowest BCUT2D eigenvalue weighted by atomic mass is 9.96. The number of rotatable bonds is 3. The Morgan fingerprint density at radius 2 is 1.56 bits per heavy atom. The molecule has 0 saturated heterocycles. The van der Waals surface area contributed by atoms with Crippen LogP contribution >= 0.6 is 0 Å². The lowest BCUT2D eigenvalue weighted by Gasteiger charge is -2.30. The third kappa shape index (κ3) is 11.4. The maximum atomic E-state index is 11.8.